The van der Waals surface area contributed by atoms with Gasteiger partial charge in [0.1, 0.15) is 23.7 Å². The van der Waals surface area contributed by atoms with E-state index in [-0.39, 0.29) is 17.8 Å². The molecule has 0 radical (unpaired) electrons. The van der Waals surface area contributed by atoms with E-state index in [0.717, 1.165) is 40.8 Å². The van der Waals surface area contributed by atoms with E-state index in [1.807, 2.05) is 47.4 Å². The molecule has 4 heterocycles. The van der Waals surface area contributed by atoms with Gasteiger partial charge in [0.05, 0.1) is 24.3 Å². The number of carbonyl (C=O) groups excluding carboxylic acids is 1. The lowest BCUT2D eigenvalue weighted by Gasteiger charge is -2.31. The molecule has 1 unspecified atom stereocenters. The molecule has 8 heteroatoms. The van der Waals surface area contributed by atoms with Crippen LogP contribution in [-0.4, -0.2) is 50.7 Å². The summed E-state index contributed by atoms with van der Waals surface area (Å²) in [5.41, 5.74) is 10.8. The van der Waals surface area contributed by atoms with Gasteiger partial charge in [0.2, 0.25) is 0 Å². The highest BCUT2D eigenvalue weighted by atomic mass is 19.1. The Kier molecular flexibility index (Phi) is 5.44. The van der Waals surface area contributed by atoms with E-state index in [1.165, 1.54) is 6.07 Å². The second kappa shape index (κ2) is 8.99. The third-order valence-electron chi connectivity index (χ3n) is 7.70. The van der Waals surface area contributed by atoms with Crippen molar-refractivity contribution in [2.45, 2.75) is 32.0 Å². The van der Waals surface area contributed by atoms with Crippen LogP contribution in [0, 0.1) is 5.82 Å². The van der Waals surface area contributed by atoms with Gasteiger partial charge in [-0.15, -0.1) is 0 Å². The number of para-hydroxylation sites is 1. The molecule has 1 fully saturated rings. The number of rotatable bonds is 4. The third kappa shape index (κ3) is 3.75. The van der Waals surface area contributed by atoms with Crippen LogP contribution >= 0.6 is 0 Å². The average Bonchev–Trinajstić information content (AvgIpc) is 3.49. The van der Waals surface area contributed by atoms with Gasteiger partial charge in [-0.25, -0.2) is 9.37 Å². The van der Waals surface area contributed by atoms with Gasteiger partial charge < -0.3 is 24.5 Å². The molecule has 3 aromatic carbocycles. The van der Waals surface area contributed by atoms with Crippen molar-refractivity contribution in [3.8, 4) is 17.3 Å². The van der Waals surface area contributed by atoms with Crippen molar-refractivity contribution >= 4 is 27.8 Å². The van der Waals surface area contributed by atoms with E-state index in [0.29, 0.717) is 55.2 Å². The molecule has 0 saturated carbocycles. The molecule has 1 atom stereocenters. The van der Waals surface area contributed by atoms with E-state index in [2.05, 4.69) is 21.3 Å². The average molecular weight is 510 g/mol. The van der Waals surface area contributed by atoms with Gasteiger partial charge in [-0.1, -0.05) is 36.4 Å². The number of benzene rings is 3. The second-order valence-electron chi connectivity index (χ2n) is 10.2. The second-order valence-corrected chi connectivity index (χ2v) is 10.2. The monoisotopic (exact) mass is 509 g/mol. The first-order chi connectivity index (χ1) is 18.6. The first kappa shape index (κ1) is 23.0. The number of hydrogen-bond acceptors (Lipinski definition) is 4. The summed E-state index contributed by atoms with van der Waals surface area (Å²) in [5.74, 6) is 1.16. The smallest absolute Gasteiger partial charge is 0.254 e. The van der Waals surface area contributed by atoms with Crippen molar-refractivity contribution in [3.05, 3.63) is 83.7 Å². The van der Waals surface area contributed by atoms with Gasteiger partial charge in [-0.3, -0.25) is 4.79 Å². The Balaban J connectivity index is 1.37. The lowest BCUT2D eigenvalue weighted by molar-refractivity contribution is 0.0708. The zero-order valence-corrected chi connectivity index (χ0v) is 20.9. The van der Waals surface area contributed by atoms with Gasteiger partial charge in [0, 0.05) is 41.2 Å². The van der Waals surface area contributed by atoms with Crippen LogP contribution in [0.4, 0.5) is 4.39 Å². The Morgan fingerprint density at radius 1 is 1.08 bits per heavy atom. The molecule has 7 rings (SSSR count). The zero-order chi connectivity index (χ0) is 25.8. The predicted molar refractivity (Wildman–Crippen MR) is 145 cm³/mol. The summed E-state index contributed by atoms with van der Waals surface area (Å²) in [6, 6.07) is 20.8. The first-order valence-electron chi connectivity index (χ1n) is 13.1. The molecular formula is C30H28FN5O2. The van der Waals surface area contributed by atoms with Crippen LogP contribution in [0.1, 0.15) is 28.8 Å². The lowest BCUT2D eigenvalue weighted by atomic mass is 10.0. The van der Waals surface area contributed by atoms with Crippen molar-refractivity contribution in [1.29, 1.82) is 0 Å². The summed E-state index contributed by atoms with van der Waals surface area (Å²) >= 11 is 0. The van der Waals surface area contributed by atoms with Gasteiger partial charge in [-0.05, 0) is 43.2 Å². The standard InChI is InChI=1S/C30H28FN5O2/c31-23-9-3-1-7-20(23)17-36-25-10-4-2-6-19(25)15-26(36)29-33-24-14-21(16-27-28(24)35(29)12-13-38-27)30(37)34-11-5-8-22(32)18-34/h1-4,6-7,9-10,14-16,22H,5,8,11-13,17-18,32H2. The minimum absolute atomic E-state index is 0.00761. The molecule has 2 aliphatic rings. The highest BCUT2D eigenvalue weighted by Crippen LogP contribution is 2.37. The number of halogens is 1. The Morgan fingerprint density at radius 3 is 2.79 bits per heavy atom. The lowest BCUT2D eigenvalue weighted by Crippen LogP contribution is -2.45. The molecular weight excluding hydrogens is 481 g/mol. The van der Waals surface area contributed by atoms with E-state index in [1.54, 1.807) is 6.07 Å². The summed E-state index contributed by atoms with van der Waals surface area (Å²) in [7, 11) is 0. The van der Waals surface area contributed by atoms with E-state index in [9.17, 15) is 9.18 Å². The third-order valence-corrected chi connectivity index (χ3v) is 7.70. The summed E-state index contributed by atoms with van der Waals surface area (Å²) in [6.07, 6.45) is 1.84. The fraction of sp³-hybridized carbons (Fsp3) is 0.267. The number of hydrogen-bond donors (Lipinski definition) is 1. The summed E-state index contributed by atoms with van der Waals surface area (Å²) < 4.78 is 25.0. The topological polar surface area (TPSA) is 78.3 Å². The van der Waals surface area contributed by atoms with Crippen molar-refractivity contribution < 1.29 is 13.9 Å². The molecule has 2 aliphatic heterocycles. The maximum atomic E-state index is 14.7. The summed E-state index contributed by atoms with van der Waals surface area (Å²) in [5, 5.41) is 1.06. The van der Waals surface area contributed by atoms with Crippen LogP contribution in [0.15, 0.2) is 66.7 Å². The van der Waals surface area contributed by atoms with Gasteiger partial charge in [-0.2, -0.15) is 0 Å². The predicted octanol–water partition coefficient (Wildman–Crippen LogP) is 4.80. The van der Waals surface area contributed by atoms with E-state index < -0.39 is 0 Å². The SMILES string of the molecule is NC1CCCN(C(=O)c2cc3c4c(c2)nc(-c2cc5ccccc5n2Cc2ccccc2F)n4CCO3)C1. The molecule has 1 amide bonds. The molecule has 7 nitrogen and oxygen atoms in total. The summed E-state index contributed by atoms with van der Waals surface area (Å²) in [4.78, 5) is 20.3. The Labute approximate surface area is 219 Å². The molecule has 192 valence electrons. The Morgan fingerprint density at radius 2 is 1.92 bits per heavy atom. The Hall–Kier alpha value is -4.17. The zero-order valence-electron chi connectivity index (χ0n) is 20.9. The maximum absolute atomic E-state index is 14.7. The normalized spacial score (nSPS) is 17.2. The number of piperidine rings is 1. The number of aromatic nitrogens is 3. The van der Waals surface area contributed by atoms with Crippen molar-refractivity contribution in [1.82, 2.24) is 19.0 Å². The van der Waals surface area contributed by atoms with Crippen LogP contribution in [0.25, 0.3) is 33.5 Å². The molecule has 0 spiro atoms. The molecule has 0 aliphatic carbocycles. The molecule has 5 aromatic rings. The fourth-order valence-corrected chi connectivity index (χ4v) is 5.86. The van der Waals surface area contributed by atoms with Crippen LogP contribution in [0.2, 0.25) is 0 Å². The van der Waals surface area contributed by atoms with Gasteiger partial charge in [0.25, 0.3) is 5.91 Å². The molecule has 0 bridgehead atoms. The number of ether oxygens (including phenoxy) is 1. The largest absolute Gasteiger partial charge is 0.489 e. The van der Waals surface area contributed by atoms with Crippen LogP contribution < -0.4 is 10.5 Å². The van der Waals surface area contributed by atoms with E-state index >= 15 is 0 Å². The summed E-state index contributed by atoms with van der Waals surface area (Å²) in [6.45, 7) is 2.75. The minimum Gasteiger partial charge on any atom is -0.489 e. The number of carbonyl (C=O) groups is 1. The molecule has 1 saturated heterocycles. The van der Waals surface area contributed by atoms with E-state index in [4.69, 9.17) is 15.5 Å². The maximum Gasteiger partial charge on any atom is 0.254 e. The molecule has 2 N–H and O–H groups in total. The fourth-order valence-electron chi connectivity index (χ4n) is 5.86. The number of amides is 1. The number of likely N-dealkylation sites (tertiary alicyclic amines) is 1. The Bertz CT molecular complexity index is 1700. The van der Waals surface area contributed by atoms with Crippen LogP contribution in [-0.2, 0) is 13.1 Å². The number of imidazole rings is 1. The van der Waals surface area contributed by atoms with Crippen LogP contribution in [0.3, 0.4) is 0 Å². The van der Waals surface area contributed by atoms with Crippen molar-refractivity contribution in [2.24, 2.45) is 5.73 Å². The number of nitrogens with zero attached hydrogens (tertiary/aromatic N) is 4. The molecule has 38 heavy (non-hydrogen) atoms. The highest BCUT2D eigenvalue weighted by molar-refractivity contribution is 6.00. The highest BCUT2D eigenvalue weighted by Gasteiger charge is 2.28. The van der Waals surface area contributed by atoms with Crippen LogP contribution in [0.5, 0.6) is 5.75 Å². The van der Waals surface area contributed by atoms with Gasteiger partial charge in [0.15, 0.2) is 5.82 Å². The molecule has 2 aromatic heterocycles. The minimum atomic E-state index is -0.234. The quantitative estimate of drug-likeness (QED) is 0.378. The van der Waals surface area contributed by atoms with Crippen molar-refractivity contribution in [3.63, 3.8) is 0 Å². The first-order valence-corrected chi connectivity index (χ1v) is 13.1. The van der Waals surface area contributed by atoms with Gasteiger partial charge >= 0.3 is 0 Å². The van der Waals surface area contributed by atoms with Crippen molar-refractivity contribution in [2.75, 3.05) is 19.7 Å². The number of nitrogens with two attached hydrogens (primary N) is 1. The number of fused-ring (bicyclic) bond motifs is 1.